The maximum Gasteiger partial charge on any atom is 0.466 e. The summed E-state index contributed by atoms with van der Waals surface area (Å²) in [6, 6.07) is 0.813. The number of hydrogen-bond donors (Lipinski definition) is 0. The highest BCUT2D eigenvalue weighted by Gasteiger charge is 2.46. The van der Waals surface area contributed by atoms with Crippen molar-refractivity contribution in [1.29, 1.82) is 0 Å². The number of ether oxygens (including phenoxy) is 2. The van der Waals surface area contributed by atoms with E-state index in [0.29, 0.717) is 6.42 Å². The second-order valence-corrected chi connectivity index (χ2v) is 25.9. The SMILES string of the molecule is COC(=O)/C=C/C(=O)OCCC[Si](C)(C)O[Si](C)(O[Si](C)(C)C)O[Si](C)(C)C. The second-order valence-electron chi connectivity index (χ2n) is 9.28. The van der Waals surface area contributed by atoms with Crippen molar-refractivity contribution in [2.24, 2.45) is 0 Å². The topological polar surface area (TPSA) is 80.3 Å². The van der Waals surface area contributed by atoms with Crippen molar-refractivity contribution in [2.75, 3.05) is 13.7 Å². The van der Waals surface area contributed by atoms with Gasteiger partial charge in [0.05, 0.1) is 13.7 Å². The molecule has 0 aromatic heterocycles. The Balaban J connectivity index is 4.74. The van der Waals surface area contributed by atoms with Crippen LogP contribution in [0.5, 0.6) is 0 Å². The van der Waals surface area contributed by atoms with Gasteiger partial charge in [-0.1, -0.05) is 0 Å². The lowest BCUT2D eigenvalue weighted by atomic mass is 10.5. The van der Waals surface area contributed by atoms with Crippen LogP contribution in [0.3, 0.4) is 0 Å². The van der Waals surface area contributed by atoms with Gasteiger partial charge in [0.1, 0.15) is 0 Å². The minimum absolute atomic E-state index is 0.270. The molecular weight excluding hydrogens is 429 g/mol. The maximum absolute atomic E-state index is 11.6. The number of rotatable bonds is 12. The standard InChI is InChI=1S/C17H38O7Si4/c1-20-16(18)12-13-17(19)21-14-11-15-27(8,9)24-28(10,22-25(2,3)4)23-26(5,6)7/h12-13H,11,14-15H2,1-10H3/b13-12+. The van der Waals surface area contributed by atoms with Crippen LogP contribution in [0.2, 0.25) is 65.0 Å². The molecule has 0 radical (unpaired) electrons. The molecule has 0 spiro atoms. The van der Waals surface area contributed by atoms with Crippen LogP contribution >= 0.6 is 0 Å². The summed E-state index contributed by atoms with van der Waals surface area (Å²) >= 11 is 0. The fourth-order valence-corrected chi connectivity index (χ4v) is 18.6. The van der Waals surface area contributed by atoms with E-state index >= 15 is 0 Å². The van der Waals surface area contributed by atoms with Gasteiger partial charge in [0, 0.05) is 18.7 Å². The first-order chi connectivity index (χ1) is 12.5. The zero-order chi connectivity index (χ0) is 22.2. The lowest BCUT2D eigenvalue weighted by Crippen LogP contribution is -2.59. The van der Waals surface area contributed by atoms with Crippen LogP contribution in [0, 0.1) is 0 Å². The summed E-state index contributed by atoms with van der Waals surface area (Å²) in [5.74, 6) is -1.15. The van der Waals surface area contributed by atoms with Gasteiger partial charge in [-0.15, -0.1) is 0 Å². The van der Waals surface area contributed by atoms with E-state index in [-0.39, 0.29) is 6.61 Å². The van der Waals surface area contributed by atoms with Crippen molar-refractivity contribution in [3.05, 3.63) is 12.2 Å². The van der Waals surface area contributed by atoms with Crippen molar-refractivity contribution >= 4 is 45.7 Å². The monoisotopic (exact) mass is 466 g/mol. The quantitative estimate of drug-likeness (QED) is 0.185. The summed E-state index contributed by atoms with van der Waals surface area (Å²) < 4.78 is 28.9. The van der Waals surface area contributed by atoms with E-state index < -0.39 is 45.7 Å². The molecule has 28 heavy (non-hydrogen) atoms. The lowest BCUT2D eigenvalue weighted by Gasteiger charge is -2.41. The fourth-order valence-electron chi connectivity index (χ4n) is 2.65. The Morgan fingerprint density at radius 3 is 1.64 bits per heavy atom. The Hall–Kier alpha value is -0.572. The molecule has 0 heterocycles. The molecule has 0 bridgehead atoms. The highest BCUT2D eigenvalue weighted by Crippen LogP contribution is 2.27. The minimum Gasteiger partial charge on any atom is -0.466 e. The van der Waals surface area contributed by atoms with Crippen LogP contribution in [0.25, 0.3) is 0 Å². The van der Waals surface area contributed by atoms with Crippen molar-refractivity contribution in [3.63, 3.8) is 0 Å². The molecule has 0 saturated carbocycles. The summed E-state index contributed by atoms with van der Waals surface area (Å²) in [7, 11) is -7.23. The van der Waals surface area contributed by atoms with Gasteiger partial charge in [-0.3, -0.25) is 0 Å². The van der Waals surface area contributed by atoms with Gasteiger partial charge in [0.25, 0.3) is 0 Å². The third-order valence-corrected chi connectivity index (χ3v) is 16.3. The molecule has 0 aromatic rings. The predicted molar refractivity (Wildman–Crippen MR) is 121 cm³/mol. The summed E-state index contributed by atoms with van der Waals surface area (Å²) in [5.41, 5.74) is 0. The molecule has 7 nitrogen and oxygen atoms in total. The van der Waals surface area contributed by atoms with Crippen LogP contribution in [0.4, 0.5) is 0 Å². The molecule has 11 heteroatoms. The smallest absolute Gasteiger partial charge is 0.466 e. The molecule has 164 valence electrons. The Kier molecular flexibility index (Phi) is 10.8. The molecule has 0 aliphatic rings. The van der Waals surface area contributed by atoms with E-state index in [0.717, 1.165) is 18.2 Å². The van der Waals surface area contributed by atoms with Crippen LogP contribution in [-0.4, -0.2) is 59.4 Å². The average Bonchev–Trinajstić information content (AvgIpc) is 2.43. The number of carbonyl (C=O) groups excluding carboxylic acids is 2. The van der Waals surface area contributed by atoms with Crippen molar-refractivity contribution in [3.8, 4) is 0 Å². The molecule has 0 aliphatic carbocycles. The molecule has 0 atom stereocenters. The van der Waals surface area contributed by atoms with Gasteiger partial charge in [-0.25, -0.2) is 9.59 Å². The summed E-state index contributed by atoms with van der Waals surface area (Å²) in [6.07, 6.45) is 2.79. The Labute approximate surface area is 174 Å². The Morgan fingerprint density at radius 2 is 1.21 bits per heavy atom. The molecule has 0 aliphatic heterocycles. The van der Waals surface area contributed by atoms with E-state index in [2.05, 4.69) is 57.1 Å². The zero-order valence-corrected chi connectivity index (χ0v) is 23.1. The maximum atomic E-state index is 11.6. The molecule has 0 N–H and O–H groups in total. The fraction of sp³-hybridized carbons (Fsp3) is 0.765. The van der Waals surface area contributed by atoms with E-state index in [9.17, 15) is 9.59 Å². The number of carbonyl (C=O) groups is 2. The van der Waals surface area contributed by atoms with Gasteiger partial charge in [0.2, 0.25) is 0 Å². The Bertz CT molecular complexity index is 535. The second kappa shape index (κ2) is 11.0. The van der Waals surface area contributed by atoms with Crippen LogP contribution in [0.15, 0.2) is 12.2 Å². The zero-order valence-electron chi connectivity index (χ0n) is 19.1. The van der Waals surface area contributed by atoms with E-state index in [1.165, 1.54) is 7.11 Å². The first kappa shape index (κ1) is 27.4. The van der Waals surface area contributed by atoms with Crippen LogP contribution in [-0.2, 0) is 31.4 Å². The number of hydrogen-bond acceptors (Lipinski definition) is 7. The molecule has 0 amide bonds. The molecular formula is C17H38O7Si4. The van der Waals surface area contributed by atoms with Crippen molar-refractivity contribution < 1.29 is 31.4 Å². The van der Waals surface area contributed by atoms with Gasteiger partial charge in [0.15, 0.2) is 25.0 Å². The van der Waals surface area contributed by atoms with Crippen LogP contribution < -0.4 is 0 Å². The summed E-state index contributed by atoms with van der Waals surface area (Å²) in [6.45, 7) is 19.4. The normalized spacial score (nSPS) is 13.6. The van der Waals surface area contributed by atoms with Crippen LogP contribution in [0.1, 0.15) is 6.42 Å². The first-order valence-electron chi connectivity index (χ1n) is 9.50. The third kappa shape index (κ3) is 14.4. The Morgan fingerprint density at radius 1 is 0.750 bits per heavy atom. The third-order valence-electron chi connectivity index (χ3n) is 3.17. The average molecular weight is 467 g/mol. The largest absolute Gasteiger partial charge is 0.466 e. The molecule has 0 unspecified atom stereocenters. The molecule has 0 fully saturated rings. The lowest BCUT2D eigenvalue weighted by molar-refractivity contribution is -0.139. The van der Waals surface area contributed by atoms with Gasteiger partial charge < -0.3 is 21.8 Å². The first-order valence-corrected chi connectivity index (χ1v) is 21.7. The molecule has 0 rings (SSSR count). The predicted octanol–water partition coefficient (Wildman–Crippen LogP) is 4.14. The number of esters is 2. The summed E-state index contributed by atoms with van der Waals surface area (Å²) in [4.78, 5) is 22.5. The highest BCUT2D eigenvalue weighted by molar-refractivity contribution is 6.89. The van der Waals surface area contributed by atoms with Gasteiger partial charge >= 0.3 is 20.7 Å². The van der Waals surface area contributed by atoms with Crippen molar-refractivity contribution in [2.45, 2.75) is 71.4 Å². The van der Waals surface area contributed by atoms with E-state index in [4.69, 9.17) is 17.1 Å². The molecule has 0 saturated heterocycles. The number of methoxy groups -OCH3 is 1. The summed E-state index contributed by atoms with van der Waals surface area (Å²) in [5, 5.41) is 0. The van der Waals surface area contributed by atoms with Gasteiger partial charge in [-0.2, -0.15) is 0 Å². The van der Waals surface area contributed by atoms with Crippen molar-refractivity contribution in [1.82, 2.24) is 0 Å². The molecule has 0 aromatic carbocycles. The highest BCUT2D eigenvalue weighted by atomic mass is 28.5. The van der Waals surface area contributed by atoms with E-state index in [1.807, 2.05) is 6.55 Å². The van der Waals surface area contributed by atoms with Gasteiger partial charge in [-0.05, 0) is 64.8 Å². The van der Waals surface area contributed by atoms with E-state index in [1.54, 1.807) is 0 Å². The minimum atomic E-state index is -2.75.